The van der Waals surface area contributed by atoms with Crippen LogP contribution in [-0.2, 0) is 0 Å². The predicted octanol–water partition coefficient (Wildman–Crippen LogP) is 0.604. The fourth-order valence-corrected chi connectivity index (χ4v) is 4.37. The van der Waals surface area contributed by atoms with Gasteiger partial charge in [0.05, 0.1) is 11.8 Å². The molecule has 0 bridgehead atoms. The van der Waals surface area contributed by atoms with Crippen LogP contribution < -0.4 is 16.0 Å². The summed E-state index contributed by atoms with van der Waals surface area (Å²) in [5.41, 5.74) is 0.795. The van der Waals surface area contributed by atoms with E-state index in [1.165, 1.54) is 71.1 Å². The molecule has 18 heavy (non-hydrogen) atoms. The second kappa shape index (κ2) is 4.17. The lowest BCUT2D eigenvalue weighted by Gasteiger charge is -2.59. The fraction of sp³-hybridized carbons (Fsp3) is 1.00. The van der Waals surface area contributed by atoms with E-state index in [0.717, 1.165) is 0 Å². The standard InChI is InChI=1S/C14H26N4/c1-2-7-16-14(5-1)10-12(17-14)18-9-3-4-13(11-18)6-8-15-13/h12,15-17H,1-11H2. The van der Waals surface area contributed by atoms with Crippen molar-refractivity contribution in [3.8, 4) is 0 Å². The highest BCUT2D eigenvalue weighted by atomic mass is 15.4. The zero-order valence-electron chi connectivity index (χ0n) is 11.3. The Labute approximate surface area is 110 Å². The number of nitrogens with one attached hydrogen (secondary N) is 3. The molecular formula is C14H26N4. The number of likely N-dealkylation sites (tertiary alicyclic amines) is 1. The molecule has 4 fully saturated rings. The molecule has 4 heterocycles. The molecule has 3 unspecified atom stereocenters. The molecule has 0 aromatic rings. The molecule has 0 saturated carbocycles. The van der Waals surface area contributed by atoms with Gasteiger partial charge in [-0.15, -0.1) is 0 Å². The van der Waals surface area contributed by atoms with Crippen LogP contribution in [0.3, 0.4) is 0 Å². The Morgan fingerprint density at radius 3 is 2.50 bits per heavy atom. The molecule has 4 aliphatic rings. The van der Waals surface area contributed by atoms with Gasteiger partial charge in [-0.25, -0.2) is 0 Å². The third kappa shape index (κ3) is 1.82. The highest BCUT2D eigenvalue weighted by Gasteiger charge is 2.49. The first-order valence-corrected chi connectivity index (χ1v) is 7.81. The van der Waals surface area contributed by atoms with Crippen molar-refractivity contribution in [3.63, 3.8) is 0 Å². The summed E-state index contributed by atoms with van der Waals surface area (Å²) < 4.78 is 0. The van der Waals surface area contributed by atoms with Crippen LogP contribution in [0.2, 0.25) is 0 Å². The third-order valence-corrected chi connectivity index (χ3v) is 5.63. The summed E-state index contributed by atoms with van der Waals surface area (Å²) in [7, 11) is 0. The molecule has 0 aromatic carbocycles. The Hall–Kier alpha value is -0.160. The number of hydrogen-bond donors (Lipinski definition) is 3. The second-order valence-corrected chi connectivity index (χ2v) is 6.86. The van der Waals surface area contributed by atoms with Crippen molar-refractivity contribution >= 4 is 0 Å². The van der Waals surface area contributed by atoms with E-state index in [9.17, 15) is 0 Å². The zero-order chi connectivity index (χ0) is 12.1. The Bertz CT molecular complexity index is 312. The maximum atomic E-state index is 3.84. The Kier molecular flexibility index (Phi) is 2.70. The summed E-state index contributed by atoms with van der Waals surface area (Å²) in [6.45, 7) is 4.99. The van der Waals surface area contributed by atoms with Gasteiger partial charge in [-0.2, -0.15) is 0 Å². The minimum atomic E-state index is 0.306. The van der Waals surface area contributed by atoms with Crippen LogP contribution >= 0.6 is 0 Å². The predicted molar refractivity (Wildman–Crippen MR) is 72.3 cm³/mol. The molecule has 0 aliphatic carbocycles. The van der Waals surface area contributed by atoms with E-state index in [4.69, 9.17) is 0 Å². The number of nitrogens with zero attached hydrogens (tertiary/aromatic N) is 1. The molecular weight excluding hydrogens is 224 g/mol. The van der Waals surface area contributed by atoms with E-state index in [1.807, 2.05) is 0 Å². The van der Waals surface area contributed by atoms with Gasteiger partial charge in [-0.1, -0.05) is 0 Å². The van der Waals surface area contributed by atoms with Gasteiger partial charge in [0.1, 0.15) is 0 Å². The van der Waals surface area contributed by atoms with Crippen molar-refractivity contribution in [2.45, 2.75) is 62.3 Å². The molecule has 4 heteroatoms. The first-order chi connectivity index (χ1) is 8.79. The quantitative estimate of drug-likeness (QED) is 0.637. The van der Waals surface area contributed by atoms with Gasteiger partial charge in [-0.3, -0.25) is 15.5 Å². The summed E-state index contributed by atoms with van der Waals surface area (Å²) in [4.78, 5) is 2.69. The normalized spacial score (nSPS) is 49.0. The SMILES string of the molecule is C1CCC2(CC(N3CCCC4(CCN4)C3)N2)NC1. The topological polar surface area (TPSA) is 39.3 Å². The summed E-state index contributed by atoms with van der Waals surface area (Å²) in [6.07, 6.45) is 10.1. The Morgan fingerprint density at radius 1 is 0.944 bits per heavy atom. The number of rotatable bonds is 1. The first-order valence-electron chi connectivity index (χ1n) is 7.81. The van der Waals surface area contributed by atoms with Crippen molar-refractivity contribution in [1.29, 1.82) is 0 Å². The molecule has 4 saturated heterocycles. The minimum Gasteiger partial charge on any atom is -0.310 e. The molecule has 0 aromatic heterocycles. The maximum absolute atomic E-state index is 3.84. The highest BCUT2D eigenvalue weighted by Crippen LogP contribution is 2.36. The lowest BCUT2D eigenvalue weighted by Crippen LogP contribution is -2.78. The van der Waals surface area contributed by atoms with Gasteiger partial charge in [0.25, 0.3) is 0 Å². The van der Waals surface area contributed by atoms with Gasteiger partial charge in [0.15, 0.2) is 0 Å². The Balaban J connectivity index is 1.35. The minimum absolute atomic E-state index is 0.306. The van der Waals surface area contributed by atoms with E-state index in [0.29, 0.717) is 17.4 Å². The lowest BCUT2D eigenvalue weighted by atomic mass is 9.78. The first kappa shape index (κ1) is 11.6. The zero-order valence-corrected chi connectivity index (χ0v) is 11.3. The highest BCUT2D eigenvalue weighted by molar-refractivity contribution is 5.07. The van der Waals surface area contributed by atoms with Crippen molar-refractivity contribution in [3.05, 3.63) is 0 Å². The Morgan fingerprint density at radius 2 is 1.83 bits per heavy atom. The molecule has 2 spiro atoms. The van der Waals surface area contributed by atoms with Crippen molar-refractivity contribution in [2.24, 2.45) is 0 Å². The van der Waals surface area contributed by atoms with Crippen LogP contribution in [0.5, 0.6) is 0 Å². The van der Waals surface area contributed by atoms with Crippen LogP contribution in [0, 0.1) is 0 Å². The summed E-state index contributed by atoms with van der Waals surface area (Å²) in [5, 5.41) is 11.2. The second-order valence-electron chi connectivity index (χ2n) is 6.86. The summed E-state index contributed by atoms with van der Waals surface area (Å²) >= 11 is 0. The molecule has 102 valence electrons. The van der Waals surface area contributed by atoms with Gasteiger partial charge in [0.2, 0.25) is 0 Å². The van der Waals surface area contributed by atoms with Crippen LogP contribution in [0.1, 0.15) is 44.9 Å². The maximum Gasteiger partial charge on any atom is 0.0727 e. The number of piperidine rings is 2. The molecule has 3 atom stereocenters. The van der Waals surface area contributed by atoms with Crippen LogP contribution in [0.4, 0.5) is 0 Å². The third-order valence-electron chi connectivity index (χ3n) is 5.63. The fourth-order valence-electron chi connectivity index (χ4n) is 4.37. The number of hydrogen-bond acceptors (Lipinski definition) is 4. The van der Waals surface area contributed by atoms with Crippen molar-refractivity contribution in [1.82, 2.24) is 20.9 Å². The van der Waals surface area contributed by atoms with Crippen LogP contribution in [-0.4, -0.2) is 48.4 Å². The van der Waals surface area contributed by atoms with Gasteiger partial charge < -0.3 is 5.32 Å². The molecule has 3 N–H and O–H groups in total. The average molecular weight is 250 g/mol. The monoisotopic (exact) mass is 250 g/mol. The van der Waals surface area contributed by atoms with Crippen molar-refractivity contribution < 1.29 is 0 Å². The van der Waals surface area contributed by atoms with Crippen LogP contribution in [0.15, 0.2) is 0 Å². The molecule has 0 amide bonds. The largest absolute Gasteiger partial charge is 0.310 e. The average Bonchev–Trinajstić information content (AvgIpc) is 2.35. The van der Waals surface area contributed by atoms with E-state index in [1.54, 1.807) is 0 Å². The van der Waals surface area contributed by atoms with E-state index < -0.39 is 0 Å². The van der Waals surface area contributed by atoms with E-state index >= 15 is 0 Å². The van der Waals surface area contributed by atoms with E-state index in [-0.39, 0.29) is 0 Å². The van der Waals surface area contributed by atoms with Gasteiger partial charge in [-0.05, 0) is 58.2 Å². The lowest BCUT2D eigenvalue weighted by molar-refractivity contribution is -0.0567. The summed E-state index contributed by atoms with van der Waals surface area (Å²) in [6, 6.07) is 0. The molecule has 4 nitrogen and oxygen atoms in total. The smallest absolute Gasteiger partial charge is 0.0727 e. The van der Waals surface area contributed by atoms with Gasteiger partial charge >= 0.3 is 0 Å². The molecule has 4 rings (SSSR count). The van der Waals surface area contributed by atoms with Crippen molar-refractivity contribution in [2.75, 3.05) is 26.2 Å². The molecule has 0 radical (unpaired) electrons. The van der Waals surface area contributed by atoms with Crippen LogP contribution in [0.25, 0.3) is 0 Å². The summed E-state index contributed by atoms with van der Waals surface area (Å²) in [5.74, 6) is 0. The molecule has 4 aliphatic heterocycles. The van der Waals surface area contributed by atoms with Gasteiger partial charge in [0, 0.05) is 18.5 Å². The van der Waals surface area contributed by atoms with E-state index in [2.05, 4.69) is 20.9 Å².